The quantitative estimate of drug-likeness (QED) is 0.219. The molecule has 0 N–H and O–H groups in total. The SMILES string of the molecule is CC.CC.CC.CC.Cc1cc(C)ncn1.Cc1cccc(C)c1.Cc1ccnc(C)c1.Cc1ccnc(C)c1. The molecule has 0 unspecified atom stereocenters. The molecule has 0 saturated heterocycles. The average molecular weight is 549 g/mol. The molecule has 0 fully saturated rings. The fourth-order valence-corrected chi connectivity index (χ4v) is 2.77. The molecule has 0 amide bonds. The Kier molecular flexibility index (Phi) is 34.7. The van der Waals surface area contributed by atoms with Gasteiger partial charge in [-0.15, -0.1) is 0 Å². The minimum atomic E-state index is 1.03. The Balaban J connectivity index is -0.000000199. The van der Waals surface area contributed by atoms with Crippen molar-refractivity contribution in [2.24, 2.45) is 0 Å². The van der Waals surface area contributed by atoms with Gasteiger partial charge in [0.2, 0.25) is 0 Å². The molecule has 4 aromatic rings. The zero-order valence-electron chi connectivity index (χ0n) is 28.7. The number of rotatable bonds is 0. The summed E-state index contributed by atoms with van der Waals surface area (Å²) in [7, 11) is 0. The van der Waals surface area contributed by atoms with Crippen molar-refractivity contribution in [3.63, 3.8) is 0 Å². The van der Waals surface area contributed by atoms with Gasteiger partial charge in [-0.3, -0.25) is 9.97 Å². The van der Waals surface area contributed by atoms with E-state index in [0.717, 1.165) is 22.8 Å². The van der Waals surface area contributed by atoms with Crippen LogP contribution in [0.25, 0.3) is 0 Å². The summed E-state index contributed by atoms with van der Waals surface area (Å²) in [6.45, 7) is 32.2. The van der Waals surface area contributed by atoms with E-state index in [4.69, 9.17) is 0 Å². The third kappa shape index (κ3) is 29.2. The summed E-state index contributed by atoms with van der Waals surface area (Å²) in [5.41, 5.74) is 9.45. The minimum Gasteiger partial charge on any atom is -0.262 e. The normalized spacial score (nSPS) is 8.00. The first kappa shape index (κ1) is 43.6. The highest BCUT2D eigenvalue weighted by atomic mass is 14.8. The Hall–Kier alpha value is -3.40. The molecule has 40 heavy (non-hydrogen) atoms. The monoisotopic (exact) mass is 548 g/mol. The second-order valence-corrected chi connectivity index (χ2v) is 7.91. The maximum Gasteiger partial charge on any atom is 0.115 e. The molecule has 4 nitrogen and oxygen atoms in total. The lowest BCUT2D eigenvalue weighted by Gasteiger charge is -1.90. The molecule has 0 aliphatic heterocycles. The van der Waals surface area contributed by atoms with Crippen LogP contribution in [-0.4, -0.2) is 19.9 Å². The summed E-state index contributed by atoms with van der Waals surface area (Å²) in [6.07, 6.45) is 5.22. The lowest BCUT2D eigenvalue weighted by molar-refractivity contribution is 1.05. The summed E-state index contributed by atoms with van der Waals surface area (Å²) in [6, 6.07) is 18.5. The topological polar surface area (TPSA) is 51.6 Å². The molecule has 0 spiro atoms. The fourth-order valence-electron chi connectivity index (χ4n) is 2.77. The first-order valence-electron chi connectivity index (χ1n) is 14.7. The first-order valence-corrected chi connectivity index (χ1v) is 14.7. The zero-order valence-corrected chi connectivity index (χ0v) is 28.7. The predicted octanol–water partition coefficient (Wildman–Crippen LogP) is 10.9. The number of aromatic nitrogens is 4. The number of hydrogen-bond acceptors (Lipinski definition) is 4. The molecule has 0 saturated carbocycles. The van der Waals surface area contributed by atoms with Gasteiger partial charge in [-0.25, -0.2) is 9.97 Å². The maximum atomic E-state index is 4.04. The molecule has 4 rings (SSSR count). The Morgan fingerprint density at radius 1 is 0.350 bits per heavy atom. The molecular weight excluding hydrogens is 488 g/mol. The molecule has 0 radical (unpaired) electrons. The van der Waals surface area contributed by atoms with Gasteiger partial charge >= 0.3 is 0 Å². The number of hydrogen-bond donors (Lipinski definition) is 0. The first-order chi connectivity index (χ1) is 19.2. The van der Waals surface area contributed by atoms with E-state index in [1.54, 1.807) is 6.33 Å². The van der Waals surface area contributed by atoms with Crippen LogP contribution < -0.4 is 0 Å². The van der Waals surface area contributed by atoms with Gasteiger partial charge < -0.3 is 0 Å². The van der Waals surface area contributed by atoms with Crippen LogP contribution in [0.15, 0.2) is 73.3 Å². The summed E-state index contributed by atoms with van der Waals surface area (Å²) < 4.78 is 0. The van der Waals surface area contributed by atoms with E-state index in [2.05, 4.69) is 84.0 Å². The third-order valence-electron chi connectivity index (χ3n) is 4.22. The molecule has 3 heterocycles. The van der Waals surface area contributed by atoms with Crippen LogP contribution in [0.1, 0.15) is 100 Å². The van der Waals surface area contributed by atoms with Gasteiger partial charge in [0.15, 0.2) is 0 Å². The van der Waals surface area contributed by atoms with Crippen molar-refractivity contribution in [1.82, 2.24) is 19.9 Å². The molecular formula is C36H60N4. The van der Waals surface area contributed by atoms with Gasteiger partial charge in [-0.05, 0) is 96.8 Å². The highest BCUT2D eigenvalue weighted by Crippen LogP contribution is 2.00. The molecule has 4 heteroatoms. The van der Waals surface area contributed by atoms with Gasteiger partial charge in [0.25, 0.3) is 0 Å². The number of benzene rings is 1. The van der Waals surface area contributed by atoms with E-state index in [-0.39, 0.29) is 0 Å². The minimum absolute atomic E-state index is 1.03. The van der Waals surface area contributed by atoms with Crippen LogP contribution in [0.5, 0.6) is 0 Å². The van der Waals surface area contributed by atoms with E-state index in [1.165, 1.54) is 22.3 Å². The third-order valence-corrected chi connectivity index (χ3v) is 4.22. The van der Waals surface area contributed by atoms with E-state index in [9.17, 15) is 0 Å². The van der Waals surface area contributed by atoms with Gasteiger partial charge in [0.1, 0.15) is 6.33 Å². The van der Waals surface area contributed by atoms with Crippen LogP contribution in [0.2, 0.25) is 0 Å². The Morgan fingerprint density at radius 2 is 0.650 bits per heavy atom. The van der Waals surface area contributed by atoms with Gasteiger partial charge in [0, 0.05) is 35.2 Å². The second-order valence-electron chi connectivity index (χ2n) is 7.91. The molecule has 0 bridgehead atoms. The fraction of sp³-hybridized carbons (Fsp3) is 0.444. The average Bonchev–Trinajstić information content (AvgIpc) is 2.94. The Labute approximate surface area is 248 Å². The number of aryl methyl sites for hydroxylation is 8. The van der Waals surface area contributed by atoms with E-state index < -0.39 is 0 Å². The van der Waals surface area contributed by atoms with Crippen molar-refractivity contribution in [3.8, 4) is 0 Å². The molecule has 224 valence electrons. The number of nitrogens with zero attached hydrogens (tertiary/aromatic N) is 4. The van der Waals surface area contributed by atoms with Crippen molar-refractivity contribution in [1.29, 1.82) is 0 Å². The predicted molar refractivity (Wildman–Crippen MR) is 180 cm³/mol. The van der Waals surface area contributed by atoms with Crippen LogP contribution in [0, 0.1) is 55.4 Å². The standard InChI is InChI=1S/C8H10.2C7H9N.C6H8N2.4C2H6/c1-7-4-3-5-8(2)6-7;2*1-6-3-4-8-7(2)5-6;1-5-3-6(2)8-4-7-5;4*1-2/h3-6H,1-2H3;2*3-5H,1-2H3;3-4H,1-2H3;4*1-2H3. The zero-order chi connectivity index (χ0) is 31.9. The van der Waals surface area contributed by atoms with Gasteiger partial charge in [-0.1, -0.05) is 90.8 Å². The lowest BCUT2D eigenvalue weighted by Crippen LogP contribution is -1.84. The molecule has 1 aromatic carbocycles. The lowest BCUT2D eigenvalue weighted by atomic mass is 10.2. The molecule has 0 aliphatic carbocycles. The maximum absolute atomic E-state index is 4.04. The molecule has 0 atom stereocenters. The highest BCUT2D eigenvalue weighted by molar-refractivity contribution is 5.20. The van der Waals surface area contributed by atoms with Crippen molar-refractivity contribution < 1.29 is 0 Å². The summed E-state index contributed by atoms with van der Waals surface area (Å²) in [5.74, 6) is 0. The van der Waals surface area contributed by atoms with Gasteiger partial charge in [-0.2, -0.15) is 0 Å². The molecule has 3 aromatic heterocycles. The van der Waals surface area contributed by atoms with E-state index in [1.807, 2.05) is 114 Å². The van der Waals surface area contributed by atoms with Crippen molar-refractivity contribution in [2.75, 3.05) is 0 Å². The van der Waals surface area contributed by atoms with Crippen LogP contribution in [-0.2, 0) is 0 Å². The Morgan fingerprint density at radius 3 is 0.825 bits per heavy atom. The van der Waals surface area contributed by atoms with Gasteiger partial charge in [0.05, 0.1) is 0 Å². The van der Waals surface area contributed by atoms with Crippen molar-refractivity contribution in [3.05, 3.63) is 118 Å². The smallest absolute Gasteiger partial charge is 0.115 e. The summed E-state index contributed by atoms with van der Waals surface area (Å²) in [5, 5.41) is 0. The number of pyridine rings is 2. The summed E-state index contributed by atoms with van der Waals surface area (Å²) >= 11 is 0. The highest BCUT2D eigenvalue weighted by Gasteiger charge is 1.84. The van der Waals surface area contributed by atoms with Crippen LogP contribution in [0.3, 0.4) is 0 Å². The van der Waals surface area contributed by atoms with E-state index in [0.29, 0.717) is 0 Å². The van der Waals surface area contributed by atoms with Crippen LogP contribution >= 0.6 is 0 Å². The molecule has 0 aliphatic rings. The largest absolute Gasteiger partial charge is 0.262 e. The van der Waals surface area contributed by atoms with Crippen LogP contribution in [0.4, 0.5) is 0 Å². The second kappa shape index (κ2) is 31.8. The van der Waals surface area contributed by atoms with Crippen molar-refractivity contribution >= 4 is 0 Å². The Bertz CT molecular complexity index is 832. The van der Waals surface area contributed by atoms with E-state index >= 15 is 0 Å². The summed E-state index contributed by atoms with van der Waals surface area (Å²) in [4.78, 5) is 15.9. The van der Waals surface area contributed by atoms with Crippen molar-refractivity contribution in [2.45, 2.75) is 111 Å².